The Hall–Kier alpha value is -2.71. The van der Waals surface area contributed by atoms with Crippen LogP contribution >= 0.6 is 0 Å². The summed E-state index contributed by atoms with van der Waals surface area (Å²) < 4.78 is 27.6. The maximum Gasteiger partial charge on any atom is 0.240 e. The van der Waals surface area contributed by atoms with E-state index in [4.69, 9.17) is 0 Å². The van der Waals surface area contributed by atoms with Crippen molar-refractivity contribution in [1.82, 2.24) is 4.72 Å². The van der Waals surface area contributed by atoms with Crippen molar-refractivity contribution in [1.29, 1.82) is 0 Å². The Balaban J connectivity index is 1.60. The van der Waals surface area contributed by atoms with Crippen LogP contribution in [0.15, 0.2) is 47.4 Å². The van der Waals surface area contributed by atoms with Crippen molar-refractivity contribution in [2.75, 3.05) is 16.8 Å². The average molecular weight is 416 g/mol. The average Bonchev–Trinajstić information content (AvgIpc) is 2.98. The predicted molar refractivity (Wildman–Crippen MR) is 112 cm³/mol. The van der Waals surface area contributed by atoms with Crippen LogP contribution in [-0.4, -0.2) is 32.8 Å². The van der Waals surface area contributed by atoms with E-state index in [0.717, 1.165) is 16.8 Å². The van der Waals surface area contributed by atoms with Crippen molar-refractivity contribution in [3.8, 4) is 0 Å². The first-order valence-electron chi connectivity index (χ1n) is 9.46. The Morgan fingerprint density at radius 2 is 1.83 bits per heavy atom. The molecule has 2 aromatic carbocycles. The van der Waals surface area contributed by atoms with Crippen molar-refractivity contribution < 1.29 is 18.0 Å². The summed E-state index contributed by atoms with van der Waals surface area (Å²) in [6.45, 7) is 5.38. The van der Waals surface area contributed by atoms with Gasteiger partial charge in [-0.05, 0) is 56.2 Å². The monoisotopic (exact) mass is 415 g/mol. The van der Waals surface area contributed by atoms with Crippen LogP contribution in [0, 0.1) is 6.92 Å². The number of fused-ring (bicyclic) bond motifs is 1. The van der Waals surface area contributed by atoms with Gasteiger partial charge in [-0.2, -0.15) is 0 Å². The number of hydrogen-bond donors (Lipinski definition) is 2. The normalized spacial score (nSPS) is 15.8. The Bertz CT molecular complexity index is 1030. The number of rotatable bonds is 6. The van der Waals surface area contributed by atoms with Gasteiger partial charge in [-0.25, -0.2) is 13.1 Å². The highest BCUT2D eigenvalue weighted by Gasteiger charge is 2.30. The van der Waals surface area contributed by atoms with Crippen LogP contribution in [0.25, 0.3) is 0 Å². The van der Waals surface area contributed by atoms with E-state index in [9.17, 15) is 18.0 Å². The van der Waals surface area contributed by atoms with E-state index in [1.54, 1.807) is 29.2 Å². The largest absolute Gasteiger partial charge is 0.326 e. The maximum absolute atomic E-state index is 12.6. The van der Waals surface area contributed by atoms with E-state index >= 15 is 0 Å². The fraction of sp³-hybridized carbons (Fsp3) is 0.333. The first kappa shape index (κ1) is 21.0. The van der Waals surface area contributed by atoms with Crippen molar-refractivity contribution in [2.24, 2.45) is 0 Å². The highest BCUT2D eigenvalue weighted by molar-refractivity contribution is 7.89. The molecule has 1 aliphatic rings. The standard InChI is InChI=1S/C21H25N3O4S/c1-14-4-6-18(7-5-14)23-21(26)10-11-22-29(27,28)19-8-9-20-17(13-19)12-15(2)24(20)16(3)25/h4-9,13,15,22H,10-12H2,1-3H3,(H,23,26). The number of nitrogens with zero attached hydrogens (tertiary/aromatic N) is 1. The second-order valence-electron chi connectivity index (χ2n) is 7.29. The summed E-state index contributed by atoms with van der Waals surface area (Å²) in [5, 5.41) is 2.74. The third kappa shape index (κ3) is 4.83. The van der Waals surface area contributed by atoms with Crippen LogP contribution in [0.2, 0.25) is 0 Å². The van der Waals surface area contributed by atoms with Gasteiger partial charge in [-0.15, -0.1) is 0 Å². The highest BCUT2D eigenvalue weighted by atomic mass is 32.2. The number of aryl methyl sites for hydroxylation is 1. The summed E-state index contributed by atoms with van der Waals surface area (Å²) in [7, 11) is -3.74. The molecule has 2 aromatic rings. The molecule has 1 atom stereocenters. The van der Waals surface area contributed by atoms with Gasteiger partial charge in [0.25, 0.3) is 0 Å². The molecule has 0 aliphatic carbocycles. The van der Waals surface area contributed by atoms with Gasteiger partial charge >= 0.3 is 0 Å². The van der Waals surface area contributed by atoms with E-state index in [1.807, 2.05) is 26.0 Å². The highest BCUT2D eigenvalue weighted by Crippen LogP contribution is 2.33. The van der Waals surface area contributed by atoms with Crippen molar-refractivity contribution in [3.63, 3.8) is 0 Å². The summed E-state index contributed by atoms with van der Waals surface area (Å²) in [6, 6.07) is 12.1. The van der Waals surface area contributed by atoms with Crippen LogP contribution in [-0.2, 0) is 26.0 Å². The predicted octanol–water partition coefficient (Wildman–Crippen LogP) is 2.60. The lowest BCUT2D eigenvalue weighted by Gasteiger charge is -2.20. The van der Waals surface area contributed by atoms with E-state index in [-0.39, 0.29) is 35.7 Å². The Kier molecular flexibility index (Phi) is 6.04. The molecule has 1 aliphatic heterocycles. The molecule has 2 amide bonds. The fourth-order valence-corrected chi connectivity index (χ4v) is 4.58. The van der Waals surface area contributed by atoms with Crippen LogP contribution in [0.5, 0.6) is 0 Å². The molecule has 8 heteroatoms. The third-order valence-corrected chi connectivity index (χ3v) is 6.35. The maximum atomic E-state index is 12.6. The number of sulfonamides is 1. The van der Waals surface area contributed by atoms with Gasteiger partial charge in [0.15, 0.2) is 0 Å². The summed E-state index contributed by atoms with van der Waals surface area (Å²) in [4.78, 5) is 25.6. The van der Waals surface area contributed by atoms with Gasteiger partial charge in [0, 0.05) is 37.3 Å². The van der Waals surface area contributed by atoms with Gasteiger partial charge < -0.3 is 10.2 Å². The molecule has 29 heavy (non-hydrogen) atoms. The molecule has 0 radical (unpaired) electrons. The van der Waals surface area contributed by atoms with E-state index in [0.29, 0.717) is 12.1 Å². The topological polar surface area (TPSA) is 95.6 Å². The Morgan fingerprint density at radius 1 is 1.14 bits per heavy atom. The minimum atomic E-state index is -3.74. The molecule has 154 valence electrons. The lowest BCUT2D eigenvalue weighted by Crippen LogP contribution is -2.33. The zero-order valence-corrected chi connectivity index (χ0v) is 17.5. The van der Waals surface area contributed by atoms with Crippen LogP contribution in [0.3, 0.4) is 0 Å². The Labute approximate surface area is 171 Å². The third-order valence-electron chi connectivity index (χ3n) is 4.90. The number of anilines is 2. The van der Waals surface area contributed by atoms with E-state index < -0.39 is 10.0 Å². The number of hydrogen-bond acceptors (Lipinski definition) is 4. The van der Waals surface area contributed by atoms with Crippen LogP contribution in [0.1, 0.15) is 31.4 Å². The summed E-state index contributed by atoms with van der Waals surface area (Å²) in [5.41, 5.74) is 3.34. The molecule has 0 bridgehead atoms. The van der Waals surface area contributed by atoms with Gasteiger partial charge in [0.2, 0.25) is 21.8 Å². The van der Waals surface area contributed by atoms with Crippen molar-refractivity contribution >= 4 is 33.2 Å². The SMILES string of the molecule is CC(=O)N1c2ccc(S(=O)(=O)NCCC(=O)Nc3ccc(C)cc3)cc2CC1C. The van der Waals surface area contributed by atoms with Crippen molar-refractivity contribution in [3.05, 3.63) is 53.6 Å². The zero-order chi connectivity index (χ0) is 21.2. The number of carbonyl (C=O) groups excluding carboxylic acids is 2. The van der Waals surface area contributed by atoms with E-state index in [1.165, 1.54) is 13.0 Å². The van der Waals surface area contributed by atoms with Gasteiger partial charge in [-0.3, -0.25) is 9.59 Å². The van der Waals surface area contributed by atoms with E-state index in [2.05, 4.69) is 10.0 Å². The number of nitrogens with one attached hydrogen (secondary N) is 2. The molecule has 0 aromatic heterocycles. The fourth-order valence-electron chi connectivity index (χ4n) is 3.50. The Morgan fingerprint density at radius 3 is 2.48 bits per heavy atom. The second-order valence-corrected chi connectivity index (χ2v) is 9.06. The molecule has 1 heterocycles. The smallest absolute Gasteiger partial charge is 0.240 e. The zero-order valence-electron chi connectivity index (χ0n) is 16.7. The summed E-state index contributed by atoms with van der Waals surface area (Å²) in [5.74, 6) is -0.332. The minimum Gasteiger partial charge on any atom is -0.326 e. The number of carbonyl (C=O) groups is 2. The lowest BCUT2D eigenvalue weighted by molar-refractivity contribution is -0.117. The summed E-state index contributed by atoms with van der Waals surface area (Å²) >= 11 is 0. The molecule has 7 nitrogen and oxygen atoms in total. The summed E-state index contributed by atoms with van der Waals surface area (Å²) in [6.07, 6.45) is 0.629. The second kappa shape index (κ2) is 8.34. The molecular formula is C21H25N3O4S. The molecule has 0 saturated heterocycles. The molecule has 0 spiro atoms. The first-order chi connectivity index (χ1) is 13.7. The quantitative estimate of drug-likeness (QED) is 0.758. The van der Waals surface area contributed by atoms with Gasteiger partial charge in [0.1, 0.15) is 0 Å². The lowest BCUT2D eigenvalue weighted by atomic mass is 10.1. The first-order valence-corrected chi connectivity index (χ1v) is 10.9. The number of benzene rings is 2. The molecule has 0 saturated carbocycles. The molecule has 2 N–H and O–H groups in total. The molecule has 0 fully saturated rings. The molecular weight excluding hydrogens is 390 g/mol. The van der Waals surface area contributed by atoms with Crippen LogP contribution < -0.4 is 14.9 Å². The van der Waals surface area contributed by atoms with Crippen molar-refractivity contribution in [2.45, 2.75) is 44.6 Å². The molecule has 3 rings (SSSR count). The van der Waals surface area contributed by atoms with Gasteiger partial charge in [-0.1, -0.05) is 17.7 Å². The number of amides is 2. The van der Waals surface area contributed by atoms with Crippen LogP contribution in [0.4, 0.5) is 11.4 Å². The molecule has 1 unspecified atom stereocenters. The van der Waals surface area contributed by atoms with Gasteiger partial charge in [0.05, 0.1) is 4.90 Å². The minimum absolute atomic E-state index is 0.00103.